The second kappa shape index (κ2) is 13.0. The van der Waals surface area contributed by atoms with Gasteiger partial charge in [0.2, 0.25) is 5.89 Å². The smallest absolute Gasteiger partial charge is 0.227 e. The number of benzene rings is 8. The Bertz CT molecular complexity index is 3170. The van der Waals surface area contributed by atoms with Crippen LogP contribution in [0.5, 0.6) is 0 Å². The van der Waals surface area contributed by atoms with E-state index in [9.17, 15) is 0 Å². The maximum Gasteiger partial charge on any atom is 0.227 e. The van der Waals surface area contributed by atoms with Crippen LogP contribution < -0.4 is 0 Å². The van der Waals surface area contributed by atoms with Crippen molar-refractivity contribution in [3.63, 3.8) is 0 Å². The molecule has 3 aromatic heterocycles. The van der Waals surface area contributed by atoms with E-state index in [1.54, 1.807) is 0 Å². The van der Waals surface area contributed by atoms with Gasteiger partial charge in [-0.1, -0.05) is 140 Å². The second-order valence-electron chi connectivity index (χ2n) is 13.8. The number of nitrogens with zero attached hydrogens (tertiary/aromatic N) is 5. The van der Waals surface area contributed by atoms with Crippen molar-refractivity contribution in [2.45, 2.75) is 0 Å². The molecule has 0 bridgehead atoms. The fourth-order valence-electron chi connectivity index (χ4n) is 7.90. The third kappa shape index (κ3) is 5.27. The molecule has 0 fully saturated rings. The highest BCUT2D eigenvalue weighted by Gasteiger charge is 2.22. The number of rotatable bonds is 6. The van der Waals surface area contributed by atoms with E-state index in [-0.39, 0.29) is 0 Å². The molecule has 0 N–H and O–H groups in total. The van der Waals surface area contributed by atoms with Gasteiger partial charge in [0.15, 0.2) is 23.1 Å². The Kier molecular flexibility index (Phi) is 7.38. The van der Waals surface area contributed by atoms with Crippen LogP contribution in [0.25, 0.3) is 106 Å². The summed E-state index contributed by atoms with van der Waals surface area (Å²) in [6.07, 6.45) is 0. The van der Waals surface area contributed by atoms with Crippen LogP contribution in [0.15, 0.2) is 192 Å². The van der Waals surface area contributed by atoms with Gasteiger partial charge in [-0.05, 0) is 65.0 Å². The quantitative estimate of drug-likeness (QED) is 0.171. The summed E-state index contributed by atoms with van der Waals surface area (Å²) in [5.41, 5.74) is 10.6. The van der Waals surface area contributed by atoms with Gasteiger partial charge < -0.3 is 8.98 Å². The van der Waals surface area contributed by atoms with Crippen LogP contribution in [-0.2, 0) is 0 Å². The summed E-state index contributed by atoms with van der Waals surface area (Å²) < 4.78 is 9.14. The predicted octanol–water partition coefficient (Wildman–Crippen LogP) is 12.6. The van der Waals surface area contributed by atoms with E-state index < -0.39 is 0 Å². The molecular weight excluding hydrogens is 687 g/mol. The Hall–Kier alpha value is -7.70. The number of para-hydroxylation sites is 2. The molecule has 3 heterocycles. The number of hydrogen-bond donors (Lipinski definition) is 0. The first-order chi connectivity index (χ1) is 27.8. The Morgan fingerprint density at radius 2 is 0.929 bits per heavy atom. The van der Waals surface area contributed by atoms with Crippen LogP contribution in [0.4, 0.5) is 0 Å². The average molecular weight is 718 g/mol. The second-order valence-corrected chi connectivity index (χ2v) is 13.8. The van der Waals surface area contributed by atoms with Crippen LogP contribution in [0.3, 0.4) is 0 Å². The molecule has 0 saturated heterocycles. The molecule has 8 aromatic carbocycles. The fraction of sp³-hybridized carbons (Fsp3) is 0. The van der Waals surface area contributed by atoms with Gasteiger partial charge in [-0.3, -0.25) is 0 Å². The summed E-state index contributed by atoms with van der Waals surface area (Å²) in [4.78, 5) is 20.0. The van der Waals surface area contributed by atoms with Crippen molar-refractivity contribution in [3.05, 3.63) is 188 Å². The highest BCUT2D eigenvalue weighted by molar-refractivity contribution is 6.29. The summed E-state index contributed by atoms with van der Waals surface area (Å²) in [7, 11) is 0. The molecule has 262 valence electrons. The van der Waals surface area contributed by atoms with E-state index in [0.29, 0.717) is 23.4 Å². The van der Waals surface area contributed by atoms with Gasteiger partial charge >= 0.3 is 0 Å². The van der Waals surface area contributed by atoms with Crippen LogP contribution in [0, 0.1) is 0 Å². The Morgan fingerprint density at radius 1 is 0.375 bits per heavy atom. The van der Waals surface area contributed by atoms with E-state index >= 15 is 0 Å². The molecule has 0 aliphatic heterocycles. The molecule has 11 aromatic rings. The molecule has 56 heavy (non-hydrogen) atoms. The molecule has 0 saturated carbocycles. The lowest BCUT2D eigenvalue weighted by molar-refractivity contribution is 0.623. The van der Waals surface area contributed by atoms with E-state index in [1.165, 1.54) is 0 Å². The normalized spacial score (nSPS) is 11.6. The molecule has 6 nitrogen and oxygen atoms in total. The lowest BCUT2D eigenvalue weighted by Crippen LogP contribution is -2.00. The van der Waals surface area contributed by atoms with Crippen molar-refractivity contribution in [1.82, 2.24) is 24.5 Å². The standard InChI is InChI=1S/C50H31N5O/c1-5-16-32(17-6-1)47-52-48(33-18-7-2-8-19-33)54-49(53-47)36-23-15-22-35(30-36)40-31-43-44(39-26-13-14-27-42(39)55(43)37-24-11-4-12-25-37)45-38(40)28-29-41-46(45)56-50(51-41)34-20-9-3-10-21-34/h1-31H. The highest BCUT2D eigenvalue weighted by Crippen LogP contribution is 2.45. The summed E-state index contributed by atoms with van der Waals surface area (Å²) >= 11 is 0. The lowest BCUT2D eigenvalue weighted by Gasteiger charge is -2.13. The van der Waals surface area contributed by atoms with Gasteiger partial charge in [0, 0.05) is 44.1 Å². The van der Waals surface area contributed by atoms with Crippen LogP contribution in [0.1, 0.15) is 0 Å². The molecular formula is C50H31N5O. The third-order valence-corrected chi connectivity index (χ3v) is 10.5. The van der Waals surface area contributed by atoms with E-state index in [1.807, 2.05) is 91.0 Å². The first kappa shape index (κ1) is 31.8. The number of hydrogen-bond acceptors (Lipinski definition) is 5. The number of oxazole rings is 1. The third-order valence-electron chi connectivity index (χ3n) is 10.5. The molecule has 0 amide bonds. The van der Waals surface area contributed by atoms with Crippen LogP contribution in [-0.4, -0.2) is 24.5 Å². The summed E-state index contributed by atoms with van der Waals surface area (Å²) in [6.45, 7) is 0. The molecule has 0 unspecified atom stereocenters. The van der Waals surface area contributed by atoms with Crippen LogP contribution in [0.2, 0.25) is 0 Å². The highest BCUT2D eigenvalue weighted by atomic mass is 16.3. The fourth-order valence-corrected chi connectivity index (χ4v) is 7.90. The summed E-state index contributed by atoms with van der Waals surface area (Å²) in [5.74, 6) is 2.45. The zero-order valence-electron chi connectivity index (χ0n) is 30.0. The van der Waals surface area contributed by atoms with E-state index in [4.69, 9.17) is 24.4 Å². The Balaban J connectivity index is 1.20. The SMILES string of the molecule is c1ccc(-c2nc(-c3ccccc3)nc(-c3cccc(-c4cc5c(c6ccccc6n5-c5ccccc5)c5c4ccc4nc(-c6ccccc6)oc45)c3)n2)cc1. The van der Waals surface area contributed by atoms with E-state index in [0.717, 1.165) is 82.7 Å². The first-order valence-corrected chi connectivity index (χ1v) is 18.6. The largest absolute Gasteiger partial charge is 0.435 e. The van der Waals surface area contributed by atoms with Gasteiger partial charge in [0.1, 0.15) is 5.52 Å². The summed E-state index contributed by atoms with van der Waals surface area (Å²) in [6, 6.07) is 64.5. The Labute approximate surface area is 322 Å². The average Bonchev–Trinajstić information content (AvgIpc) is 3.87. The monoisotopic (exact) mass is 717 g/mol. The zero-order chi connectivity index (χ0) is 37.0. The van der Waals surface area contributed by atoms with Gasteiger partial charge in [-0.2, -0.15) is 0 Å². The molecule has 0 atom stereocenters. The minimum absolute atomic E-state index is 0.596. The minimum Gasteiger partial charge on any atom is -0.435 e. The van der Waals surface area contributed by atoms with Crippen molar-refractivity contribution in [2.75, 3.05) is 0 Å². The van der Waals surface area contributed by atoms with Gasteiger partial charge in [0.05, 0.1) is 11.0 Å². The first-order valence-electron chi connectivity index (χ1n) is 18.6. The minimum atomic E-state index is 0.596. The lowest BCUT2D eigenvalue weighted by atomic mass is 9.93. The Morgan fingerprint density at radius 3 is 1.61 bits per heavy atom. The predicted molar refractivity (Wildman–Crippen MR) is 226 cm³/mol. The number of fused-ring (bicyclic) bond motifs is 7. The van der Waals surface area contributed by atoms with Crippen molar-refractivity contribution in [2.24, 2.45) is 0 Å². The van der Waals surface area contributed by atoms with Crippen molar-refractivity contribution in [1.29, 1.82) is 0 Å². The maximum absolute atomic E-state index is 6.79. The summed E-state index contributed by atoms with van der Waals surface area (Å²) in [5, 5.41) is 4.37. The molecule has 0 radical (unpaired) electrons. The van der Waals surface area contributed by atoms with Gasteiger partial charge in [-0.15, -0.1) is 0 Å². The molecule has 6 heteroatoms. The van der Waals surface area contributed by atoms with Crippen molar-refractivity contribution >= 4 is 43.7 Å². The van der Waals surface area contributed by atoms with Gasteiger partial charge in [-0.25, -0.2) is 19.9 Å². The topological polar surface area (TPSA) is 69.6 Å². The number of aromatic nitrogens is 5. The van der Waals surface area contributed by atoms with E-state index in [2.05, 4.69) is 102 Å². The maximum atomic E-state index is 6.79. The molecule has 11 rings (SSSR count). The molecule has 0 spiro atoms. The van der Waals surface area contributed by atoms with Crippen LogP contribution >= 0.6 is 0 Å². The molecule has 0 aliphatic carbocycles. The zero-order valence-corrected chi connectivity index (χ0v) is 30.0. The van der Waals surface area contributed by atoms with Crippen molar-refractivity contribution in [3.8, 4) is 62.4 Å². The molecule has 0 aliphatic rings. The van der Waals surface area contributed by atoms with Crippen molar-refractivity contribution < 1.29 is 4.42 Å². The van der Waals surface area contributed by atoms with Gasteiger partial charge in [0.25, 0.3) is 0 Å².